The van der Waals surface area contributed by atoms with Gasteiger partial charge >= 0.3 is 0 Å². The predicted molar refractivity (Wildman–Crippen MR) is 79.9 cm³/mol. The maximum atomic E-state index is 12.0. The lowest BCUT2D eigenvalue weighted by Gasteiger charge is -2.11. The van der Waals surface area contributed by atoms with E-state index in [9.17, 15) is 4.79 Å². The van der Waals surface area contributed by atoms with E-state index in [0.29, 0.717) is 6.54 Å². The maximum absolute atomic E-state index is 12.0. The van der Waals surface area contributed by atoms with Crippen molar-refractivity contribution in [3.05, 3.63) is 65.7 Å². The molecule has 0 bridgehead atoms. The van der Waals surface area contributed by atoms with Gasteiger partial charge in [0.05, 0.1) is 7.11 Å². The average Bonchev–Trinajstić information content (AvgIpc) is 2.53. The van der Waals surface area contributed by atoms with Crippen LogP contribution in [0.3, 0.4) is 0 Å². The van der Waals surface area contributed by atoms with Gasteiger partial charge in [0.15, 0.2) is 0 Å². The molecule has 1 N–H and O–H groups in total. The van der Waals surface area contributed by atoms with Crippen molar-refractivity contribution in [1.29, 1.82) is 0 Å². The largest absolute Gasteiger partial charge is 0.497 e. The second kappa shape index (κ2) is 6.96. The molecule has 0 saturated heterocycles. The normalized spacial score (nSPS) is 11.7. The van der Waals surface area contributed by atoms with Crippen molar-refractivity contribution in [1.82, 2.24) is 5.32 Å². The highest BCUT2D eigenvalue weighted by Crippen LogP contribution is 2.20. The van der Waals surface area contributed by atoms with Crippen molar-refractivity contribution in [3.8, 4) is 5.75 Å². The van der Waals surface area contributed by atoms with Crippen LogP contribution in [0.5, 0.6) is 5.75 Å². The number of methoxy groups -OCH3 is 1. The van der Waals surface area contributed by atoms with Crippen LogP contribution < -0.4 is 10.1 Å². The number of alkyl halides is 1. The molecule has 0 unspecified atom stereocenters. The summed E-state index contributed by atoms with van der Waals surface area (Å²) in [6, 6.07) is 16.8. The number of hydrogen-bond acceptors (Lipinski definition) is 2. The number of benzene rings is 2. The van der Waals surface area contributed by atoms with E-state index in [-0.39, 0.29) is 5.91 Å². The molecule has 2 aromatic carbocycles. The number of nitrogens with one attached hydrogen (secondary N) is 1. The van der Waals surface area contributed by atoms with Gasteiger partial charge in [0.1, 0.15) is 11.1 Å². The lowest BCUT2D eigenvalue weighted by Crippen LogP contribution is -2.26. The average molecular weight is 290 g/mol. The van der Waals surface area contributed by atoms with Gasteiger partial charge in [0, 0.05) is 6.54 Å². The first kappa shape index (κ1) is 14.4. The van der Waals surface area contributed by atoms with Crippen molar-refractivity contribution >= 4 is 17.5 Å². The van der Waals surface area contributed by atoms with E-state index in [1.807, 2.05) is 54.6 Å². The number of carbonyl (C=O) groups excluding carboxylic acids is 1. The number of hydrogen-bond donors (Lipinski definition) is 1. The van der Waals surface area contributed by atoms with Crippen LogP contribution in [0.2, 0.25) is 0 Å². The summed E-state index contributed by atoms with van der Waals surface area (Å²) in [6.07, 6.45) is 0. The Balaban J connectivity index is 1.91. The Hall–Kier alpha value is -2.00. The lowest BCUT2D eigenvalue weighted by atomic mass is 10.1. The van der Waals surface area contributed by atoms with Gasteiger partial charge in [-0.15, -0.1) is 11.6 Å². The first-order chi connectivity index (χ1) is 9.70. The zero-order valence-corrected chi connectivity index (χ0v) is 11.9. The summed E-state index contributed by atoms with van der Waals surface area (Å²) in [6.45, 7) is 0.443. The standard InChI is InChI=1S/C16H16ClNO2/c1-20-14-9-7-12(8-10-14)11-18-16(19)15(17)13-5-3-2-4-6-13/h2-10,15H,11H2,1H3,(H,18,19)/t15-/m1/s1. The molecule has 1 atom stereocenters. The highest BCUT2D eigenvalue weighted by Gasteiger charge is 2.16. The smallest absolute Gasteiger partial charge is 0.242 e. The minimum atomic E-state index is -0.672. The third kappa shape index (κ3) is 3.75. The van der Waals surface area contributed by atoms with Crippen LogP contribution in [0.25, 0.3) is 0 Å². The fraction of sp³-hybridized carbons (Fsp3) is 0.188. The van der Waals surface area contributed by atoms with Crippen molar-refractivity contribution in [2.45, 2.75) is 11.9 Å². The summed E-state index contributed by atoms with van der Waals surface area (Å²) in [5.74, 6) is 0.591. The van der Waals surface area contributed by atoms with Crippen LogP contribution in [-0.4, -0.2) is 13.0 Å². The van der Waals surface area contributed by atoms with Gasteiger partial charge in [0.2, 0.25) is 5.91 Å². The third-order valence-corrected chi connectivity index (χ3v) is 3.40. The molecule has 104 valence electrons. The van der Waals surface area contributed by atoms with Gasteiger partial charge < -0.3 is 10.1 Å². The molecule has 0 saturated carbocycles. The van der Waals surface area contributed by atoms with E-state index in [1.54, 1.807) is 7.11 Å². The minimum Gasteiger partial charge on any atom is -0.497 e. The topological polar surface area (TPSA) is 38.3 Å². The molecule has 0 spiro atoms. The highest BCUT2D eigenvalue weighted by molar-refractivity contribution is 6.30. The van der Waals surface area contributed by atoms with Gasteiger partial charge in [-0.25, -0.2) is 0 Å². The number of halogens is 1. The summed E-state index contributed by atoms with van der Waals surface area (Å²) in [7, 11) is 1.62. The Labute approximate surface area is 123 Å². The number of ether oxygens (including phenoxy) is 1. The summed E-state index contributed by atoms with van der Waals surface area (Å²) >= 11 is 6.14. The van der Waals surface area contributed by atoms with Crippen molar-refractivity contribution in [2.75, 3.05) is 7.11 Å². The summed E-state index contributed by atoms with van der Waals surface area (Å²) in [4.78, 5) is 12.0. The molecule has 1 amide bonds. The SMILES string of the molecule is COc1ccc(CNC(=O)[C@H](Cl)c2ccccc2)cc1. The van der Waals surface area contributed by atoms with Gasteiger partial charge in [-0.3, -0.25) is 4.79 Å². The molecule has 0 radical (unpaired) electrons. The van der Waals surface area contributed by atoms with E-state index in [2.05, 4.69) is 5.32 Å². The van der Waals surface area contributed by atoms with Gasteiger partial charge in [-0.05, 0) is 23.3 Å². The van der Waals surface area contributed by atoms with E-state index in [0.717, 1.165) is 16.9 Å². The van der Waals surface area contributed by atoms with Crippen LogP contribution in [0.15, 0.2) is 54.6 Å². The zero-order chi connectivity index (χ0) is 14.4. The quantitative estimate of drug-likeness (QED) is 0.858. The number of rotatable bonds is 5. The molecule has 0 aromatic heterocycles. The molecule has 2 rings (SSSR count). The summed E-state index contributed by atoms with van der Waals surface area (Å²) in [5, 5.41) is 2.15. The molecule has 0 heterocycles. The maximum Gasteiger partial charge on any atom is 0.242 e. The fourth-order valence-corrected chi connectivity index (χ4v) is 2.02. The molecule has 4 heteroatoms. The van der Waals surface area contributed by atoms with Crippen LogP contribution in [0.4, 0.5) is 0 Å². The van der Waals surface area contributed by atoms with Crippen LogP contribution >= 0.6 is 11.6 Å². The van der Waals surface area contributed by atoms with Gasteiger partial charge in [-0.1, -0.05) is 42.5 Å². The Bertz CT molecular complexity index is 554. The Kier molecular flexibility index (Phi) is 5.02. The first-order valence-electron chi connectivity index (χ1n) is 6.30. The second-order valence-electron chi connectivity index (χ2n) is 4.34. The Morgan fingerprint density at radius 1 is 1.15 bits per heavy atom. The fourth-order valence-electron chi connectivity index (χ4n) is 1.80. The van der Waals surface area contributed by atoms with Crippen LogP contribution in [0.1, 0.15) is 16.5 Å². The molecule has 0 aliphatic heterocycles. The monoisotopic (exact) mass is 289 g/mol. The second-order valence-corrected chi connectivity index (χ2v) is 4.78. The van der Waals surface area contributed by atoms with E-state index in [4.69, 9.17) is 16.3 Å². The first-order valence-corrected chi connectivity index (χ1v) is 6.74. The molecular formula is C16H16ClNO2. The highest BCUT2D eigenvalue weighted by atomic mass is 35.5. The lowest BCUT2D eigenvalue weighted by molar-refractivity contribution is -0.121. The predicted octanol–water partition coefficient (Wildman–Crippen LogP) is 3.29. The minimum absolute atomic E-state index is 0.200. The third-order valence-electron chi connectivity index (χ3n) is 2.95. The van der Waals surface area contributed by atoms with Crippen molar-refractivity contribution < 1.29 is 9.53 Å². The molecule has 0 aliphatic carbocycles. The Morgan fingerprint density at radius 2 is 1.80 bits per heavy atom. The molecule has 3 nitrogen and oxygen atoms in total. The van der Waals surface area contributed by atoms with E-state index >= 15 is 0 Å². The zero-order valence-electron chi connectivity index (χ0n) is 11.2. The van der Waals surface area contributed by atoms with Crippen LogP contribution in [0, 0.1) is 0 Å². The Morgan fingerprint density at radius 3 is 2.40 bits per heavy atom. The van der Waals surface area contributed by atoms with Gasteiger partial charge in [-0.2, -0.15) is 0 Å². The van der Waals surface area contributed by atoms with E-state index < -0.39 is 5.38 Å². The van der Waals surface area contributed by atoms with E-state index in [1.165, 1.54) is 0 Å². The molecule has 2 aromatic rings. The van der Waals surface area contributed by atoms with Crippen molar-refractivity contribution in [2.24, 2.45) is 0 Å². The molecule has 20 heavy (non-hydrogen) atoms. The van der Waals surface area contributed by atoms with Gasteiger partial charge in [0.25, 0.3) is 0 Å². The summed E-state index contributed by atoms with van der Waals surface area (Å²) < 4.78 is 5.08. The van der Waals surface area contributed by atoms with Crippen molar-refractivity contribution in [3.63, 3.8) is 0 Å². The summed E-state index contributed by atoms with van der Waals surface area (Å²) in [5.41, 5.74) is 1.79. The number of carbonyl (C=O) groups is 1. The number of amides is 1. The molecule has 0 aliphatic rings. The van der Waals surface area contributed by atoms with Crippen LogP contribution in [-0.2, 0) is 11.3 Å². The molecule has 0 fully saturated rings. The molecular weight excluding hydrogens is 274 g/mol.